The number of aryl methyl sites for hydroxylation is 2. The van der Waals surface area contributed by atoms with Crippen LogP contribution >= 0.6 is 0 Å². The number of nitrogens with one attached hydrogen (secondary N) is 2. The van der Waals surface area contributed by atoms with Crippen molar-refractivity contribution < 1.29 is 13.2 Å². The Kier molecular flexibility index (Phi) is 6.28. The first-order valence-electron chi connectivity index (χ1n) is 9.51. The van der Waals surface area contributed by atoms with Gasteiger partial charge in [0.2, 0.25) is 10.0 Å². The second kappa shape index (κ2) is 8.72. The standard InChI is InChI=1S/C20H24N6O3S/c1-5-14(3)23-30(28,29)18-10-7-16(8-11-18)20(27)21-17-9-6-13(2)19(12-17)26-15(4)22-24-25-26/h6-12,14,23H,5H2,1-4H3,(H,21,27). The lowest BCUT2D eigenvalue weighted by atomic mass is 10.1. The monoisotopic (exact) mass is 428 g/mol. The summed E-state index contributed by atoms with van der Waals surface area (Å²) in [5.74, 6) is 0.279. The molecule has 9 nitrogen and oxygen atoms in total. The van der Waals surface area contributed by atoms with Crippen molar-refractivity contribution in [2.24, 2.45) is 0 Å². The minimum atomic E-state index is -3.62. The largest absolute Gasteiger partial charge is 0.322 e. The molecule has 30 heavy (non-hydrogen) atoms. The van der Waals surface area contributed by atoms with Crippen molar-refractivity contribution in [3.8, 4) is 5.69 Å². The number of hydrogen-bond acceptors (Lipinski definition) is 6. The Morgan fingerprint density at radius 1 is 1.13 bits per heavy atom. The van der Waals surface area contributed by atoms with Gasteiger partial charge in [-0.25, -0.2) is 13.1 Å². The molecule has 2 N–H and O–H groups in total. The van der Waals surface area contributed by atoms with E-state index in [9.17, 15) is 13.2 Å². The summed E-state index contributed by atoms with van der Waals surface area (Å²) in [6.07, 6.45) is 0.683. The Morgan fingerprint density at radius 3 is 2.43 bits per heavy atom. The van der Waals surface area contributed by atoms with Crippen LogP contribution in [0.1, 0.15) is 42.0 Å². The number of benzene rings is 2. The summed E-state index contributed by atoms with van der Waals surface area (Å²) in [4.78, 5) is 12.7. The predicted molar refractivity (Wildman–Crippen MR) is 113 cm³/mol. The quantitative estimate of drug-likeness (QED) is 0.597. The van der Waals surface area contributed by atoms with E-state index in [0.29, 0.717) is 23.5 Å². The molecule has 1 unspecified atom stereocenters. The molecule has 0 saturated carbocycles. The van der Waals surface area contributed by atoms with Gasteiger partial charge in [-0.05, 0) is 79.6 Å². The first kappa shape index (κ1) is 21.6. The van der Waals surface area contributed by atoms with Crippen LogP contribution in [0.4, 0.5) is 5.69 Å². The van der Waals surface area contributed by atoms with Crippen LogP contribution < -0.4 is 10.0 Å². The van der Waals surface area contributed by atoms with Gasteiger partial charge < -0.3 is 5.32 Å². The van der Waals surface area contributed by atoms with Crippen molar-refractivity contribution in [1.29, 1.82) is 0 Å². The fourth-order valence-electron chi connectivity index (χ4n) is 2.77. The molecule has 0 spiro atoms. The van der Waals surface area contributed by atoms with Gasteiger partial charge in [-0.3, -0.25) is 4.79 Å². The number of sulfonamides is 1. The summed E-state index contributed by atoms with van der Waals surface area (Å²) in [5.41, 5.74) is 2.63. The average molecular weight is 429 g/mol. The number of hydrogen-bond donors (Lipinski definition) is 2. The van der Waals surface area contributed by atoms with Gasteiger partial charge in [-0.2, -0.15) is 4.68 Å². The van der Waals surface area contributed by atoms with Crippen LogP contribution in [0.25, 0.3) is 5.69 Å². The summed E-state index contributed by atoms with van der Waals surface area (Å²) >= 11 is 0. The molecule has 3 rings (SSSR count). The molecule has 0 aliphatic carbocycles. The van der Waals surface area contributed by atoms with Crippen LogP contribution in [0.5, 0.6) is 0 Å². The fourth-order valence-corrected chi connectivity index (χ4v) is 4.10. The van der Waals surface area contributed by atoms with E-state index in [-0.39, 0.29) is 16.8 Å². The normalized spacial score (nSPS) is 12.5. The third-order valence-electron chi connectivity index (χ3n) is 4.72. The second-order valence-corrected chi connectivity index (χ2v) is 8.76. The van der Waals surface area contributed by atoms with E-state index in [1.165, 1.54) is 24.3 Å². The van der Waals surface area contributed by atoms with Gasteiger partial charge in [0.25, 0.3) is 5.91 Å². The zero-order valence-electron chi connectivity index (χ0n) is 17.2. The van der Waals surface area contributed by atoms with E-state index < -0.39 is 10.0 Å². The number of rotatable bonds is 7. The van der Waals surface area contributed by atoms with E-state index in [1.807, 2.05) is 19.9 Å². The predicted octanol–water partition coefficient (Wildman–Crippen LogP) is 2.61. The van der Waals surface area contributed by atoms with Crippen molar-refractivity contribution in [3.63, 3.8) is 0 Å². The molecule has 0 radical (unpaired) electrons. The summed E-state index contributed by atoms with van der Waals surface area (Å²) in [6, 6.07) is 11.1. The maximum atomic E-state index is 12.6. The van der Waals surface area contributed by atoms with Gasteiger partial charge in [-0.1, -0.05) is 13.0 Å². The number of anilines is 1. The minimum absolute atomic E-state index is 0.117. The summed E-state index contributed by atoms with van der Waals surface area (Å²) < 4.78 is 28.9. The Morgan fingerprint density at radius 2 is 1.83 bits per heavy atom. The molecular formula is C20H24N6O3S. The van der Waals surface area contributed by atoms with Gasteiger partial charge in [-0.15, -0.1) is 5.10 Å². The van der Waals surface area contributed by atoms with Gasteiger partial charge >= 0.3 is 0 Å². The van der Waals surface area contributed by atoms with Crippen LogP contribution in [0.3, 0.4) is 0 Å². The van der Waals surface area contributed by atoms with E-state index in [1.54, 1.807) is 30.7 Å². The van der Waals surface area contributed by atoms with E-state index in [0.717, 1.165) is 11.3 Å². The van der Waals surface area contributed by atoms with Crippen LogP contribution in [0.15, 0.2) is 47.4 Å². The van der Waals surface area contributed by atoms with Gasteiger partial charge in [0.1, 0.15) is 0 Å². The van der Waals surface area contributed by atoms with E-state index in [4.69, 9.17) is 0 Å². The average Bonchev–Trinajstić information content (AvgIpc) is 3.14. The molecule has 0 saturated heterocycles. The number of tetrazole rings is 1. The Bertz CT molecular complexity index is 1160. The fraction of sp³-hybridized carbons (Fsp3) is 0.300. The molecule has 0 bridgehead atoms. The first-order chi connectivity index (χ1) is 14.2. The minimum Gasteiger partial charge on any atom is -0.322 e. The SMILES string of the molecule is CCC(C)NS(=O)(=O)c1ccc(C(=O)Nc2ccc(C)c(-n3nnnc3C)c2)cc1. The lowest BCUT2D eigenvalue weighted by molar-refractivity contribution is 0.102. The zero-order chi connectivity index (χ0) is 21.9. The Labute approximate surface area is 175 Å². The maximum absolute atomic E-state index is 12.6. The molecule has 10 heteroatoms. The van der Waals surface area contributed by atoms with Crippen LogP contribution in [-0.4, -0.2) is 40.6 Å². The van der Waals surface area contributed by atoms with Crippen molar-refractivity contribution in [1.82, 2.24) is 24.9 Å². The molecule has 0 aliphatic rings. The summed E-state index contributed by atoms with van der Waals surface area (Å²) in [6.45, 7) is 7.41. The number of carbonyl (C=O) groups excluding carboxylic acids is 1. The van der Waals surface area contributed by atoms with Crippen LogP contribution in [0, 0.1) is 13.8 Å². The van der Waals surface area contributed by atoms with E-state index in [2.05, 4.69) is 25.6 Å². The number of nitrogens with zero attached hydrogens (tertiary/aromatic N) is 4. The highest BCUT2D eigenvalue weighted by atomic mass is 32.2. The Hall–Kier alpha value is -3.11. The molecule has 1 atom stereocenters. The summed E-state index contributed by atoms with van der Waals surface area (Å²) in [5, 5.41) is 14.3. The van der Waals surface area contributed by atoms with Gasteiger partial charge in [0, 0.05) is 17.3 Å². The number of amides is 1. The third-order valence-corrected chi connectivity index (χ3v) is 6.32. The van der Waals surface area contributed by atoms with Crippen molar-refractivity contribution in [2.45, 2.75) is 45.1 Å². The van der Waals surface area contributed by atoms with Gasteiger partial charge in [0.05, 0.1) is 10.6 Å². The molecule has 1 heterocycles. The molecule has 158 valence electrons. The molecule has 3 aromatic rings. The molecular weight excluding hydrogens is 404 g/mol. The molecule has 1 aromatic heterocycles. The smallest absolute Gasteiger partial charge is 0.255 e. The molecule has 1 amide bonds. The second-order valence-electron chi connectivity index (χ2n) is 7.05. The number of carbonyl (C=O) groups is 1. The number of aromatic nitrogens is 4. The Balaban J connectivity index is 1.78. The van der Waals surface area contributed by atoms with Crippen molar-refractivity contribution in [3.05, 3.63) is 59.4 Å². The zero-order valence-corrected chi connectivity index (χ0v) is 18.1. The van der Waals surface area contributed by atoms with Crippen LogP contribution in [0.2, 0.25) is 0 Å². The maximum Gasteiger partial charge on any atom is 0.255 e. The highest BCUT2D eigenvalue weighted by molar-refractivity contribution is 7.89. The lowest BCUT2D eigenvalue weighted by Gasteiger charge is -2.13. The topological polar surface area (TPSA) is 119 Å². The first-order valence-corrected chi connectivity index (χ1v) is 11.0. The lowest BCUT2D eigenvalue weighted by Crippen LogP contribution is -2.32. The third kappa shape index (κ3) is 4.71. The highest BCUT2D eigenvalue weighted by Crippen LogP contribution is 2.20. The van der Waals surface area contributed by atoms with Crippen molar-refractivity contribution >= 4 is 21.6 Å². The highest BCUT2D eigenvalue weighted by Gasteiger charge is 2.17. The van der Waals surface area contributed by atoms with Crippen LogP contribution in [-0.2, 0) is 10.0 Å². The van der Waals surface area contributed by atoms with Gasteiger partial charge in [0.15, 0.2) is 5.82 Å². The molecule has 0 aliphatic heterocycles. The molecule has 2 aromatic carbocycles. The van der Waals surface area contributed by atoms with Crippen molar-refractivity contribution in [2.75, 3.05) is 5.32 Å². The summed E-state index contributed by atoms with van der Waals surface area (Å²) in [7, 11) is -3.62. The van der Waals surface area contributed by atoms with E-state index >= 15 is 0 Å². The molecule has 0 fully saturated rings.